The number of aryl methyl sites for hydroxylation is 3. The monoisotopic (exact) mass is 208 g/mol. The summed E-state index contributed by atoms with van der Waals surface area (Å²) in [4.78, 5) is 10.8. The number of aromatic carboxylic acids is 1. The summed E-state index contributed by atoms with van der Waals surface area (Å²) in [6.07, 6.45) is 0.881. The molecule has 0 fully saturated rings. The van der Waals surface area contributed by atoms with E-state index in [0.717, 1.165) is 17.5 Å². The Labute approximate surface area is 91.9 Å². The van der Waals surface area contributed by atoms with E-state index in [0.29, 0.717) is 5.56 Å². The van der Waals surface area contributed by atoms with Crippen LogP contribution in [-0.2, 0) is 6.42 Å². The van der Waals surface area contributed by atoms with Gasteiger partial charge in [0.2, 0.25) is 0 Å². The van der Waals surface area contributed by atoms with E-state index in [2.05, 4.69) is 0 Å². The predicted octanol–water partition coefficient (Wildman–Crippen LogP) is 3.59. The Morgan fingerprint density at radius 2 is 1.73 bits per heavy atom. The number of hydrogen-bond donors (Lipinski definition) is 1. The van der Waals surface area contributed by atoms with E-state index >= 15 is 0 Å². The molecule has 1 N–H and O–H groups in total. The van der Waals surface area contributed by atoms with Crippen LogP contribution in [0.2, 0.25) is 0 Å². The summed E-state index contributed by atoms with van der Waals surface area (Å²) in [5, 5.41) is 8.88. The predicted molar refractivity (Wildman–Crippen MR) is 63.6 cm³/mol. The van der Waals surface area contributed by atoms with E-state index in [9.17, 15) is 4.79 Å². The molecule has 0 bridgehead atoms. The van der Waals surface area contributed by atoms with Gasteiger partial charge in [-0.25, -0.2) is 4.79 Å². The van der Waals surface area contributed by atoms with E-state index in [-0.39, 0.29) is 0 Å². The molecule has 2 nitrogen and oxygen atoms in total. The first-order chi connectivity index (χ1) is 7.06. The van der Waals surface area contributed by atoms with E-state index in [1.54, 1.807) is 6.07 Å². The first-order valence-corrected chi connectivity index (χ1v) is 5.39. The minimum absolute atomic E-state index is 0.419. The smallest absolute Gasteiger partial charge is 0.335 e. The highest BCUT2D eigenvalue weighted by Crippen LogP contribution is 2.16. The van der Waals surface area contributed by atoms with Crippen LogP contribution < -0.4 is 0 Å². The fraction of sp³-hybridized carbons (Fsp3) is 0.462. The van der Waals surface area contributed by atoms with Gasteiger partial charge < -0.3 is 5.11 Å². The molecule has 0 atom stereocenters. The summed E-state index contributed by atoms with van der Waals surface area (Å²) in [5.41, 5.74) is 3.54. The van der Waals surface area contributed by atoms with Crippen molar-refractivity contribution in [3.05, 3.63) is 34.4 Å². The van der Waals surface area contributed by atoms with Crippen molar-refractivity contribution >= 4 is 5.97 Å². The Morgan fingerprint density at radius 3 is 2.13 bits per heavy atom. The van der Waals surface area contributed by atoms with Crippen LogP contribution in [0.15, 0.2) is 12.1 Å². The number of hydrogen-bond acceptors (Lipinski definition) is 1. The molecule has 0 radical (unpaired) electrons. The molecule has 84 valence electrons. The Kier molecular flexibility index (Phi) is 5.68. The summed E-state index contributed by atoms with van der Waals surface area (Å²) in [7, 11) is 0. The third kappa shape index (κ3) is 3.39. The van der Waals surface area contributed by atoms with Crippen molar-refractivity contribution in [1.82, 2.24) is 0 Å². The second-order valence-corrected chi connectivity index (χ2v) is 3.25. The lowest BCUT2D eigenvalue weighted by atomic mass is 9.98. The standard InChI is InChI=1S/C11H14O2.C2H6/c1-4-9-6-10(11(12)13)8(3)5-7(9)2;1-2/h5-6H,4H2,1-3H3,(H,12,13);1-2H3. The van der Waals surface area contributed by atoms with Crippen molar-refractivity contribution in [2.45, 2.75) is 41.0 Å². The first-order valence-electron chi connectivity index (χ1n) is 5.39. The fourth-order valence-corrected chi connectivity index (χ4v) is 1.51. The molecule has 1 rings (SSSR count). The number of benzene rings is 1. The molecule has 0 saturated carbocycles. The number of carboxylic acids is 1. The maximum absolute atomic E-state index is 10.8. The Bertz CT molecular complexity index is 341. The van der Waals surface area contributed by atoms with Crippen LogP contribution in [0, 0.1) is 13.8 Å². The molecule has 0 aromatic heterocycles. The van der Waals surface area contributed by atoms with Crippen LogP contribution in [0.3, 0.4) is 0 Å². The van der Waals surface area contributed by atoms with Gasteiger partial charge in [0, 0.05) is 0 Å². The van der Waals surface area contributed by atoms with Gasteiger partial charge in [0.25, 0.3) is 0 Å². The zero-order valence-electron chi connectivity index (χ0n) is 10.2. The largest absolute Gasteiger partial charge is 0.478 e. The molecule has 1 aromatic carbocycles. The van der Waals surface area contributed by atoms with E-state index < -0.39 is 5.97 Å². The van der Waals surface area contributed by atoms with Crippen molar-refractivity contribution < 1.29 is 9.90 Å². The molecule has 0 amide bonds. The minimum Gasteiger partial charge on any atom is -0.478 e. The topological polar surface area (TPSA) is 37.3 Å². The van der Waals surface area contributed by atoms with Gasteiger partial charge in [-0.1, -0.05) is 26.8 Å². The molecule has 0 heterocycles. The lowest BCUT2D eigenvalue weighted by Crippen LogP contribution is -2.02. The van der Waals surface area contributed by atoms with Crippen molar-refractivity contribution in [3.63, 3.8) is 0 Å². The van der Waals surface area contributed by atoms with Crippen LogP contribution in [0.5, 0.6) is 0 Å². The zero-order valence-corrected chi connectivity index (χ0v) is 10.2. The van der Waals surface area contributed by atoms with Gasteiger partial charge in [-0.2, -0.15) is 0 Å². The van der Waals surface area contributed by atoms with Gasteiger partial charge in [-0.15, -0.1) is 0 Å². The van der Waals surface area contributed by atoms with Gasteiger partial charge in [0.05, 0.1) is 5.56 Å². The van der Waals surface area contributed by atoms with Crippen molar-refractivity contribution in [1.29, 1.82) is 0 Å². The average Bonchev–Trinajstić information content (AvgIpc) is 2.20. The SMILES string of the molecule is CC.CCc1cc(C(=O)O)c(C)cc1C. The van der Waals surface area contributed by atoms with Gasteiger partial charge in [0.15, 0.2) is 0 Å². The number of rotatable bonds is 2. The maximum Gasteiger partial charge on any atom is 0.335 e. The summed E-state index contributed by atoms with van der Waals surface area (Å²) in [6.45, 7) is 9.87. The number of carboxylic acid groups (broad SMARTS) is 1. The molecule has 15 heavy (non-hydrogen) atoms. The minimum atomic E-state index is -0.841. The molecule has 0 aliphatic heterocycles. The molecule has 0 unspecified atom stereocenters. The zero-order chi connectivity index (χ0) is 12.0. The van der Waals surface area contributed by atoms with E-state index in [4.69, 9.17) is 5.11 Å². The van der Waals surface area contributed by atoms with Crippen LogP contribution in [-0.4, -0.2) is 11.1 Å². The lowest BCUT2D eigenvalue weighted by molar-refractivity contribution is 0.0696. The molecule has 0 spiro atoms. The van der Waals surface area contributed by atoms with Crippen LogP contribution in [0.4, 0.5) is 0 Å². The molecular weight excluding hydrogens is 188 g/mol. The molecule has 2 heteroatoms. The fourth-order valence-electron chi connectivity index (χ4n) is 1.51. The summed E-state index contributed by atoms with van der Waals surface area (Å²) in [5.74, 6) is -0.841. The quantitative estimate of drug-likeness (QED) is 0.806. The molecule has 0 aliphatic carbocycles. The first kappa shape index (κ1) is 13.7. The summed E-state index contributed by atoms with van der Waals surface area (Å²) < 4.78 is 0. The highest BCUT2D eigenvalue weighted by atomic mass is 16.4. The van der Waals surface area contributed by atoms with Crippen LogP contribution >= 0.6 is 0 Å². The van der Waals surface area contributed by atoms with Gasteiger partial charge in [0.1, 0.15) is 0 Å². The third-order valence-corrected chi connectivity index (χ3v) is 2.29. The van der Waals surface area contributed by atoms with Crippen LogP contribution in [0.1, 0.15) is 47.8 Å². The van der Waals surface area contributed by atoms with E-state index in [1.807, 2.05) is 40.7 Å². The Hall–Kier alpha value is -1.31. The van der Waals surface area contributed by atoms with Crippen molar-refractivity contribution in [2.75, 3.05) is 0 Å². The highest BCUT2D eigenvalue weighted by Gasteiger charge is 2.08. The van der Waals surface area contributed by atoms with E-state index in [1.165, 1.54) is 5.56 Å². The summed E-state index contributed by atoms with van der Waals surface area (Å²) in [6, 6.07) is 3.70. The Balaban J connectivity index is 0.000000921. The lowest BCUT2D eigenvalue weighted by Gasteiger charge is -2.07. The normalized spacial score (nSPS) is 9.13. The third-order valence-electron chi connectivity index (χ3n) is 2.29. The second kappa shape index (κ2) is 6.23. The molecule has 0 aliphatic rings. The number of carbonyl (C=O) groups is 1. The van der Waals surface area contributed by atoms with Gasteiger partial charge in [-0.3, -0.25) is 0 Å². The molecule has 1 aromatic rings. The molecule has 0 saturated heterocycles. The second-order valence-electron chi connectivity index (χ2n) is 3.25. The molecular formula is C13H20O2. The van der Waals surface area contributed by atoms with Gasteiger partial charge in [-0.05, 0) is 43.0 Å². The van der Waals surface area contributed by atoms with Gasteiger partial charge >= 0.3 is 5.97 Å². The maximum atomic E-state index is 10.8. The Morgan fingerprint density at radius 1 is 1.20 bits per heavy atom. The average molecular weight is 208 g/mol. The van der Waals surface area contributed by atoms with Crippen LogP contribution in [0.25, 0.3) is 0 Å². The summed E-state index contributed by atoms with van der Waals surface area (Å²) >= 11 is 0. The highest BCUT2D eigenvalue weighted by molar-refractivity contribution is 5.89. The van der Waals surface area contributed by atoms with Crippen molar-refractivity contribution in [3.8, 4) is 0 Å². The van der Waals surface area contributed by atoms with Crippen molar-refractivity contribution in [2.24, 2.45) is 0 Å².